The van der Waals surface area contributed by atoms with Crippen LogP contribution in [0.4, 0.5) is 0 Å². The maximum atomic E-state index is 10.8. The molecule has 1 saturated heterocycles. The molecule has 10 heteroatoms. The highest BCUT2D eigenvalue weighted by molar-refractivity contribution is 7.82. The van der Waals surface area contributed by atoms with Crippen LogP contribution in [0.3, 0.4) is 0 Å². The normalized spacial score (nSPS) is 41.6. The van der Waals surface area contributed by atoms with Gasteiger partial charge in [0.1, 0.15) is 6.10 Å². The predicted molar refractivity (Wildman–Crippen MR) is 44.7 cm³/mol. The molecule has 0 aliphatic carbocycles. The molecule has 9 nitrogen and oxygen atoms in total. The van der Waals surface area contributed by atoms with Gasteiger partial charge in [-0.2, -0.15) is 12.6 Å². The molecule has 1 aliphatic heterocycles. The standard InChI is InChI=1S/C6H10O9S/c1-3(8)4(9)6(11)5(10,2-7)14-16(12,13)15-6/h2-4,8-11H,1H3/t3-,4+,5-,6+/m0/s1. The summed E-state index contributed by atoms with van der Waals surface area (Å²) in [4.78, 5) is 10.5. The van der Waals surface area contributed by atoms with E-state index in [4.69, 9.17) is 5.11 Å². The number of rotatable bonds is 3. The number of hydrogen-bond donors (Lipinski definition) is 4. The third kappa shape index (κ3) is 1.84. The lowest BCUT2D eigenvalue weighted by Crippen LogP contribution is -2.63. The van der Waals surface area contributed by atoms with Crippen LogP contribution in [0.25, 0.3) is 0 Å². The second kappa shape index (κ2) is 3.70. The van der Waals surface area contributed by atoms with Gasteiger partial charge < -0.3 is 20.4 Å². The van der Waals surface area contributed by atoms with Gasteiger partial charge in [-0.05, 0) is 6.92 Å². The number of carbonyl (C=O) groups excluding carboxylic acids is 1. The van der Waals surface area contributed by atoms with Crippen molar-refractivity contribution in [3.63, 3.8) is 0 Å². The van der Waals surface area contributed by atoms with E-state index >= 15 is 0 Å². The fourth-order valence-electron chi connectivity index (χ4n) is 1.14. The molecular formula is C6H10O9S. The Morgan fingerprint density at radius 2 is 1.75 bits per heavy atom. The van der Waals surface area contributed by atoms with E-state index in [0.29, 0.717) is 0 Å². The number of aldehydes is 1. The first-order valence-electron chi connectivity index (χ1n) is 4.01. The molecule has 0 unspecified atom stereocenters. The van der Waals surface area contributed by atoms with Crippen LogP contribution in [0.1, 0.15) is 6.92 Å². The van der Waals surface area contributed by atoms with Gasteiger partial charge in [0.05, 0.1) is 6.10 Å². The van der Waals surface area contributed by atoms with E-state index in [-0.39, 0.29) is 0 Å². The quantitative estimate of drug-likeness (QED) is 0.379. The van der Waals surface area contributed by atoms with E-state index in [2.05, 4.69) is 8.37 Å². The van der Waals surface area contributed by atoms with Crippen LogP contribution in [0.15, 0.2) is 0 Å². The summed E-state index contributed by atoms with van der Waals surface area (Å²) in [5, 5.41) is 37.2. The van der Waals surface area contributed by atoms with Gasteiger partial charge in [0, 0.05) is 0 Å². The van der Waals surface area contributed by atoms with Crippen molar-refractivity contribution in [2.24, 2.45) is 0 Å². The zero-order valence-corrected chi connectivity index (χ0v) is 8.79. The minimum atomic E-state index is -4.85. The molecule has 1 rings (SSSR count). The second-order valence-corrected chi connectivity index (χ2v) is 4.42. The lowest BCUT2D eigenvalue weighted by Gasteiger charge is -2.32. The highest BCUT2D eigenvalue weighted by atomic mass is 32.3. The van der Waals surface area contributed by atoms with Crippen LogP contribution < -0.4 is 0 Å². The summed E-state index contributed by atoms with van der Waals surface area (Å²) in [5.41, 5.74) is 0. The summed E-state index contributed by atoms with van der Waals surface area (Å²) < 4.78 is 29.3. The van der Waals surface area contributed by atoms with Crippen LogP contribution in [-0.4, -0.2) is 58.9 Å². The van der Waals surface area contributed by atoms with E-state index in [1.807, 2.05) is 0 Å². The molecule has 0 spiro atoms. The molecule has 0 aromatic carbocycles. The van der Waals surface area contributed by atoms with E-state index in [9.17, 15) is 28.5 Å². The van der Waals surface area contributed by atoms with Crippen molar-refractivity contribution in [2.75, 3.05) is 0 Å². The van der Waals surface area contributed by atoms with Gasteiger partial charge in [-0.25, -0.2) is 4.18 Å². The summed E-state index contributed by atoms with van der Waals surface area (Å²) in [5.74, 6) is -6.62. The number of aliphatic hydroxyl groups excluding tert-OH is 2. The Morgan fingerprint density at radius 1 is 1.25 bits per heavy atom. The SMILES string of the molecule is C[C@H](O)[C@@H](O)[C@@]1(O)OS(=O)(=O)O[C@@]1(O)C=O. The van der Waals surface area contributed by atoms with E-state index in [1.54, 1.807) is 0 Å². The Bertz CT molecular complexity index is 389. The smallest absolute Gasteiger partial charge is 0.390 e. The van der Waals surface area contributed by atoms with E-state index in [1.165, 1.54) is 0 Å². The highest BCUT2D eigenvalue weighted by Crippen LogP contribution is 2.38. The first-order valence-corrected chi connectivity index (χ1v) is 5.35. The lowest BCUT2D eigenvalue weighted by atomic mass is 9.97. The average Bonchev–Trinajstić information content (AvgIpc) is 2.32. The third-order valence-corrected chi connectivity index (χ3v) is 2.91. The fraction of sp³-hybridized carbons (Fsp3) is 0.833. The molecule has 1 fully saturated rings. The molecule has 0 aromatic rings. The summed E-state index contributed by atoms with van der Waals surface area (Å²) in [6, 6.07) is 0. The first kappa shape index (κ1) is 13.4. The summed E-state index contributed by atoms with van der Waals surface area (Å²) >= 11 is 0. The van der Waals surface area contributed by atoms with Gasteiger partial charge in [0.2, 0.25) is 0 Å². The second-order valence-electron chi connectivity index (χ2n) is 3.27. The third-order valence-electron chi connectivity index (χ3n) is 1.99. The molecule has 0 bridgehead atoms. The molecule has 0 aromatic heterocycles. The van der Waals surface area contributed by atoms with Crippen molar-refractivity contribution in [3.05, 3.63) is 0 Å². The largest absolute Gasteiger partial charge is 0.406 e. The number of hydrogen-bond acceptors (Lipinski definition) is 9. The minimum absolute atomic E-state index is 0.469. The highest BCUT2D eigenvalue weighted by Gasteiger charge is 2.68. The Labute approximate surface area is 90.2 Å². The Kier molecular flexibility index (Phi) is 3.11. The van der Waals surface area contributed by atoms with Crippen molar-refractivity contribution in [1.29, 1.82) is 0 Å². The fourth-order valence-corrected chi connectivity index (χ4v) is 2.17. The van der Waals surface area contributed by atoms with Gasteiger partial charge >= 0.3 is 16.2 Å². The lowest BCUT2D eigenvalue weighted by molar-refractivity contribution is -0.316. The van der Waals surface area contributed by atoms with Crippen LogP contribution in [0.2, 0.25) is 0 Å². The summed E-state index contributed by atoms with van der Waals surface area (Å²) in [6.07, 6.45) is -4.43. The van der Waals surface area contributed by atoms with Crippen molar-refractivity contribution < 1.29 is 42.0 Å². The molecule has 1 aliphatic rings. The molecule has 16 heavy (non-hydrogen) atoms. The van der Waals surface area contributed by atoms with Crippen LogP contribution in [-0.2, 0) is 23.6 Å². The molecule has 4 atom stereocenters. The Morgan fingerprint density at radius 3 is 2.12 bits per heavy atom. The maximum Gasteiger partial charge on any atom is 0.406 e. The Balaban J connectivity index is 3.25. The molecule has 1 heterocycles. The monoisotopic (exact) mass is 258 g/mol. The zero-order valence-electron chi connectivity index (χ0n) is 7.97. The van der Waals surface area contributed by atoms with Crippen LogP contribution in [0, 0.1) is 0 Å². The molecule has 4 N–H and O–H groups in total. The molecule has 0 radical (unpaired) electrons. The van der Waals surface area contributed by atoms with Crippen molar-refractivity contribution in [1.82, 2.24) is 0 Å². The van der Waals surface area contributed by atoms with Crippen molar-refractivity contribution in [2.45, 2.75) is 30.7 Å². The van der Waals surface area contributed by atoms with Crippen molar-refractivity contribution >= 4 is 16.7 Å². The summed E-state index contributed by atoms with van der Waals surface area (Å²) in [7, 11) is -4.85. The van der Waals surface area contributed by atoms with Crippen molar-refractivity contribution in [3.8, 4) is 0 Å². The molecule has 0 amide bonds. The summed E-state index contributed by atoms with van der Waals surface area (Å²) in [6.45, 7) is 0.974. The van der Waals surface area contributed by atoms with Crippen LogP contribution in [0.5, 0.6) is 0 Å². The van der Waals surface area contributed by atoms with Gasteiger partial charge in [0.15, 0.2) is 6.29 Å². The molecular weight excluding hydrogens is 248 g/mol. The minimum Gasteiger partial charge on any atom is -0.390 e. The average molecular weight is 258 g/mol. The zero-order chi connectivity index (χ0) is 12.8. The van der Waals surface area contributed by atoms with Crippen LogP contribution >= 0.6 is 0 Å². The molecule has 0 saturated carbocycles. The maximum absolute atomic E-state index is 10.8. The number of aliphatic hydroxyl groups is 4. The van der Waals surface area contributed by atoms with Gasteiger partial charge in [-0.1, -0.05) is 0 Å². The topological polar surface area (TPSA) is 151 Å². The van der Waals surface area contributed by atoms with E-state index in [0.717, 1.165) is 6.92 Å². The van der Waals surface area contributed by atoms with Gasteiger partial charge in [-0.3, -0.25) is 4.79 Å². The molecule has 94 valence electrons. The van der Waals surface area contributed by atoms with Gasteiger partial charge in [-0.15, -0.1) is 0 Å². The Hall–Kier alpha value is -0.620. The predicted octanol–water partition coefficient (Wildman–Crippen LogP) is -3.40. The van der Waals surface area contributed by atoms with Gasteiger partial charge in [0.25, 0.3) is 5.79 Å². The first-order chi connectivity index (χ1) is 7.08. The van der Waals surface area contributed by atoms with E-state index < -0.39 is 40.5 Å². The number of carbonyl (C=O) groups is 1.